The third-order valence-corrected chi connectivity index (χ3v) is 6.87. The van der Waals surface area contributed by atoms with Crippen LogP contribution in [0.3, 0.4) is 0 Å². The van der Waals surface area contributed by atoms with Gasteiger partial charge in [-0.3, -0.25) is 0 Å². The van der Waals surface area contributed by atoms with Gasteiger partial charge in [-0.2, -0.15) is 4.98 Å². The van der Waals surface area contributed by atoms with Crippen LogP contribution in [-0.4, -0.2) is 48.2 Å². The number of oxazole rings is 1. The summed E-state index contributed by atoms with van der Waals surface area (Å²) in [6.07, 6.45) is 6.96. The highest BCUT2D eigenvalue weighted by Crippen LogP contribution is 2.39. The van der Waals surface area contributed by atoms with Crippen LogP contribution < -0.4 is 15.1 Å². The maximum Gasteiger partial charge on any atom is 0.298 e. The van der Waals surface area contributed by atoms with E-state index in [1.807, 2.05) is 11.6 Å². The Morgan fingerprint density at radius 2 is 1.89 bits per heavy atom. The zero-order valence-corrected chi connectivity index (χ0v) is 16.0. The summed E-state index contributed by atoms with van der Waals surface area (Å²) in [5.74, 6) is 0. The van der Waals surface area contributed by atoms with Gasteiger partial charge in [0.1, 0.15) is 10.5 Å². The molecule has 27 heavy (non-hydrogen) atoms. The van der Waals surface area contributed by atoms with E-state index in [9.17, 15) is 0 Å². The zero-order chi connectivity index (χ0) is 17.8. The molecule has 7 heteroatoms. The lowest BCUT2D eigenvalue weighted by Gasteiger charge is -2.47. The Bertz CT molecular complexity index is 946. The number of hydrogen-bond donors (Lipinski definition) is 1. The van der Waals surface area contributed by atoms with Crippen molar-refractivity contribution in [3.63, 3.8) is 0 Å². The van der Waals surface area contributed by atoms with Crippen molar-refractivity contribution < 1.29 is 4.42 Å². The first-order chi connectivity index (χ1) is 13.3. The zero-order valence-electron chi connectivity index (χ0n) is 15.2. The number of rotatable bonds is 3. The summed E-state index contributed by atoms with van der Waals surface area (Å²) in [5, 5.41) is 6.59. The molecule has 0 saturated carbocycles. The standard InChI is InChI=1S/C20H23N5OS/c1-2-7-24(8-3-1)16-5-4-15(19-21-6-9-27-19)18-17(16)23-20(26-18)25-11-13-10-14(12-25)22-13/h4-6,9,13-14,22H,1-3,7-8,10-12H2. The molecule has 2 bridgehead atoms. The minimum atomic E-state index is 0.582. The molecule has 2 aromatic heterocycles. The fraction of sp³-hybridized carbons (Fsp3) is 0.500. The van der Waals surface area contributed by atoms with Crippen LogP contribution in [0.25, 0.3) is 21.7 Å². The van der Waals surface area contributed by atoms with Crippen LogP contribution in [0.1, 0.15) is 25.7 Å². The Labute approximate surface area is 162 Å². The summed E-state index contributed by atoms with van der Waals surface area (Å²) in [7, 11) is 0. The Morgan fingerprint density at radius 1 is 1.07 bits per heavy atom. The van der Waals surface area contributed by atoms with Crippen molar-refractivity contribution in [2.75, 3.05) is 36.0 Å². The quantitative estimate of drug-likeness (QED) is 0.749. The van der Waals surface area contributed by atoms with Gasteiger partial charge in [-0.25, -0.2) is 4.98 Å². The van der Waals surface area contributed by atoms with Crippen LogP contribution in [0.5, 0.6) is 0 Å². The van der Waals surface area contributed by atoms with E-state index in [-0.39, 0.29) is 0 Å². The van der Waals surface area contributed by atoms with Crippen molar-refractivity contribution in [1.82, 2.24) is 15.3 Å². The molecule has 1 aromatic carbocycles. The van der Waals surface area contributed by atoms with Gasteiger partial charge >= 0.3 is 0 Å². The molecule has 3 aromatic rings. The molecule has 0 radical (unpaired) electrons. The first-order valence-electron chi connectivity index (χ1n) is 9.94. The first kappa shape index (κ1) is 15.9. The monoisotopic (exact) mass is 381 g/mol. The summed E-state index contributed by atoms with van der Waals surface area (Å²) in [5.41, 5.74) is 4.14. The lowest BCUT2D eigenvalue weighted by Crippen LogP contribution is -2.67. The van der Waals surface area contributed by atoms with E-state index < -0.39 is 0 Å². The van der Waals surface area contributed by atoms with Gasteiger partial charge in [0.25, 0.3) is 6.01 Å². The minimum Gasteiger partial charge on any atom is -0.423 e. The van der Waals surface area contributed by atoms with Crippen molar-refractivity contribution in [2.24, 2.45) is 0 Å². The van der Waals surface area contributed by atoms with Crippen LogP contribution >= 0.6 is 11.3 Å². The largest absolute Gasteiger partial charge is 0.423 e. The van der Waals surface area contributed by atoms with E-state index in [4.69, 9.17) is 9.40 Å². The molecule has 4 aliphatic heterocycles. The SMILES string of the molecule is c1csc(-c2ccc(N3CCCCC3)c3nc(N4CC5CC(C4)N5)oc23)n1. The highest BCUT2D eigenvalue weighted by atomic mass is 32.1. The number of thiazole rings is 1. The van der Waals surface area contributed by atoms with Gasteiger partial charge in [0, 0.05) is 49.8 Å². The summed E-state index contributed by atoms with van der Waals surface area (Å²) in [6.45, 7) is 4.17. The Morgan fingerprint density at radius 3 is 2.63 bits per heavy atom. The van der Waals surface area contributed by atoms with Crippen molar-refractivity contribution in [2.45, 2.75) is 37.8 Å². The average molecular weight is 382 g/mol. The van der Waals surface area contributed by atoms with E-state index in [2.05, 4.69) is 32.2 Å². The van der Waals surface area contributed by atoms with Crippen LogP contribution in [0.2, 0.25) is 0 Å². The molecule has 7 rings (SSSR count). The summed E-state index contributed by atoms with van der Waals surface area (Å²) in [4.78, 5) is 14.3. The van der Waals surface area contributed by atoms with Gasteiger partial charge in [0.15, 0.2) is 5.58 Å². The fourth-order valence-corrected chi connectivity index (χ4v) is 5.36. The molecule has 2 unspecified atom stereocenters. The number of hydrogen-bond acceptors (Lipinski definition) is 7. The first-order valence-corrected chi connectivity index (χ1v) is 10.8. The van der Waals surface area contributed by atoms with Gasteiger partial charge in [0.05, 0.1) is 11.3 Å². The van der Waals surface area contributed by atoms with Crippen LogP contribution in [0, 0.1) is 0 Å². The van der Waals surface area contributed by atoms with Crippen molar-refractivity contribution in [1.29, 1.82) is 0 Å². The van der Waals surface area contributed by atoms with E-state index in [0.29, 0.717) is 12.1 Å². The number of aromatic nitrogens is 2. The second kappa shape index (κ2) is 6.21. The number of nitrogens with one attached hydrogen (secondary N) is 1. The normalized spacial score (nSPS) is 25.0. The second-order valence-electron chi connectivity index (χ2n) is 7.89. The third kappa shape index (κ3) is 2.63. The fourth-order valence-electron chi connectivity index (χ4n) is 4.70. The van der Waals surface area contributed by atoms with E-state index in [0.717, 1.165) is 53.9 Å². The maximum absolute atomic E-state index is 6.39. The van der Waals surface area contributed by atoms with Gasteiger partial charge < -0.3 is 19.5 Å². The number of nitrogens with zero attached hydrogens (tertiary/aromatic N) is 4. The molecule has 0 spiro atoms. The van der Waals surface area contributed by atoms with Crippen molar-refractivity contribution >= 4 is 34.1 Å². The molecule has 4 aliphatic rings. The molecule has 2 atom stereocenters. The Hall–Kier alpha value is -2.12. The molecule has 6 heterocycles. The topological polar surface area (TPSA) is 57.4 Å². The number of piperazine rings is 1. The molecule has 140 valence electrons. The Kier molecular flexibility index (Phi) is 3.65. The van der Waals surface area contributed by atoms with Crippen molar-refractivity contribution in [3.05, 3.63) is 23.7 Å². The molecular formula is C20H23N5OS. The molecule has 1 N–H and O–H groups in total. The molecule has 6 nitrogen and oxygen atoms in total. The molecule has 0 amide bonds. The number of piperidine rings is 2. The van der Waals surface area contributed by atoms with Gasteiger partial charge in [-0.05, 0) is 37.8 Å². The lowest BCUT2D eigenvalue weighted by molar-refractivity contribution is 0.220. The summed E-state index contributed by atoms with van der Waals surface area (Å²) in [6, 6.07) is 6.31. The third-order valence-electron chi connectivity index (χ3n) is 6.06. The van der Waals surface area contributed by atoms with Crippen LogP contribution in [0.15, 0.2) is 28.1 Å². The Balaban J connectivity index is 1.47. The van der Waals surface area contributed by atoms with Gasteiger partial charge in [-0.1, -0.05) is 0 Å². The van der Waals surface area contributed by atoms with E-state index >= 15 is 0 Å². The smallest absolute Gasteiger partial charge is 0.298 e. The minimum absolute atomic E-state index is 0.582. The van der Waals surface area contributed by atoms with Crippen molar-refractivity contribution in [3.8, 4) is 10.6 Å². The molecule has 4 saturated heterocycles. The predicted molar refractivity (Wildman–Crippen MR) is 109 cm³/mol. The van der Waals surface area contributed by atoms with Gasteiger partial charge in [-0.15, -0.1) is 11.3 Å². The predicted octanol–water partition coefficient (Wildman–Crippen LogP) is 3.49. The molecule has 0 aliphatic carbocycles. The van der Waals surface area contributed by atoms with Gasteiger partial charge in [0.2, 0.25) is 0 Å². The van der Waals surface area contributed by atoms with Crippen LogP contribution in [0.4, 0.5) is 11.7 Å². The lowest BCUT2D eigenvalue weighted by atomic mass is 9.92. The van der Waals surface area contributed by atoms with E-state index in [1.54, 1.807) is 11.3 Å². The molecule has 4 fully saturated rings. The summed E-state index contributed by atoms with van der Waals surface area (Å²) < 4.78 is 6.39. The van der Waals surface area contributed by atoms with E-state index in [1.165, 1.54) is 31.4 Å². The number of benzene rings is 1. The summed E-state index contributed by atoms with van der Waals surface area (Å²) >= 11 is 1.65. The number of fused-ring (bicyclic) bond motifs is 3. The maximum atomic E-state index is 6.39. The second-order valence-corrected chi connectivity index (χ2v) is 8.79. The average Bonchev–Trinajstić information content (AvgIpc) is 3.38. The van der Waals surface area contributed by atoms with Crippen LogP contribution in [-0.2, 0) is 0 Å². The molecular weight excluding hydrogens is 358 g/mol. The number of anilines is 2. The highest BCUT2D eigenvalue weighted by molar-refractivity contribution is 7.13. The highest BCUT2D eigenvalue weighted by Gasteiger charge is 2.38.